The molecular weight excluding hydrogens is 651 g/mol. The highest BCUT2D eigenvalue weighted by molar-refractivity contribution is 5.95. The Balaban J connectivity index is 1.21. The Morgan fingerprint density at radius 1 is 0.407 bits per heavy atom. The maximum atomic E-state index is 4.79. The topological polar surface area (TPSA) is 12.9 Å². The normalized spacial score (nSPS) is 20.3. The van der Waals surface area contributed by atoms with Gasteiger partial charge in [-0.1, -0.05) is 188 Å². The summed E-state index contributed by atoms with van der Waals surface area (Å²) in [6.45, 7) is 0. The van der Waals surface area contributed by atoms with E-state index in [0.29, 0.717) is 5.92 Å². The van der Waals surface area contributed by atoms with E-state index >= 15 is 0 Å². The third kappa shape index (κ3) is 3.62. The maximum Gasteiger partial charge on any atom is 0.0780 e. The third-order valence-electron chi connectivity index (χ3n) is 13.1. The van der Waals surface area contributed by atoms with Crippen LogP contribution in [0.3, 0.4) is 0 Å². The van der Waals surface area contributed by atoms with Crippen LogP contribution in [0.15, 0.2) is 200 Å². The van der Waals surface area contributed by atoms with Crippen molar-refractivity contribution in [3.05, 3.63) is 245 Å². The minimum absolute atomic E-state index is 0.237. The van der Waals surface area contributed by atoms with Crippen molar-refractivity contribution in [3.63, 3.8) is 0 Å². The number of hydrogen-bond acceptors (Lipinski definition) is 1. The van der Waals surface area contributed by atoms with Gasteiger partial charge in [-0.3, -0.25) is 4.98 Å². The first-order chi connectivity index (χ1) is 26.8. The number of allylic oxidation sites excluding steroid dienone is 4. The molecule has 4 aliphatic carbocycles. The van der Waals surface area contributed by atoms with Crippen LogP contribution in [0.5, 0.6) is 0 Å². The molecule has 12 rings (SSSR count). The van der Waals surface area contributed by atoms with Gasteiger partial charge in [-0.2, -0.15) is 0 Å². The van der Waals surface area contributed by atoms with Crippen molar-refractivity contribution in [2.45, 2.75) is 16.7 Å². The van der Waals surface area contributed by atoms with Gasteiger partial charge in [0, 0.05) is 29.0 Å². The zero-order valence-corrected chi connectivity index (χ0v) is 29.7. The summed E-state index contributed by atoms with van der Waals surface area (Å²) in [7, 11) is 0. The summed E-state index contributed by atoms with van der Waals surface area (Å²) in [4.78, 5) is 4.79. The van der Waals surface area contributed by atoms with E-state index in [0.717, 1.165) is 16.5 Å². The summed E-state index contributed by atoms with van der Waals surface area (Å²) < 4.78 is 0. The molecule has 54 heavy (non-hydrogen) atoms. The van der Waals surface area contributed by atoms with E-state index in [1.165, 1.54) is 72.3 Å². The van der Waals surface area contributed by atoms with Crippen LogP contribution in [-0.2, 0) is 10.8 Å². The monoisotopic (exact) mass is 685 g/mol. The van der Waals surface area contributed by atoms with Gasteiger partial charge in [-0.15, -0.1) is 0 Å². The zero-order valence-electron chi connectivity index (χ0n) is 29.7. The second-order valence-corrected chi connectivity index (χ2v) is 15.3. The first-order valence-electron chi connectivity index (χ1n) is 19.1. The van der Waals surface area contributed by atoms with Gasteiger partial charge in [0.15, 0.2) is 0 Å². The van der Waals surface area contributed by atoms with Gasteiger partial charge in [0.25, 0.3) is 0 Å². The average molecular weight is 686 g/mol. The molecule has 0 aliphatic heterocycles. The first kappa shape index (κ1) is 29.9. The molecule has 3 unspecified atom stereocenters. The van der Waals surface area contributed by atoms with Crippen LogP contribution in [0, 0.1) is 5.92 Å². The molecule has 0 fully saturated rings. The van der Waals surface area contributed by atoms with Crippen molar-refractivity contribution in [3.8, 4) is 33.4 Å². The molecule has 0 amide bonds. The van der Waals surface area contributed by atoms with Crippen LogP contribution in [0.4, 0.5) is 0 Å². The predicted molar refractivity (Wildman–Crippen MR) is 221 cm³/mol. The summed E-state index contributed by atoms with van der Waals surface area (Å²) in [5.41, 5.74) is 18.8. The molecule has 8 aromatic rings. The molecule has 4 aliphatic rings. The standard InChI is InChI=1S/C53H35N/c1-5-22-43-39(16-1)40-17-2-6-23-44(40)52(43)47-26-9-10-27-48(47)53(45-24-7-3-18-41(45)42-19-4-8-25-46(42)53)50-37(20-12-28-49(50)52)34-29-31-35(32-30-34)38-21-11-14-36-15-13-33-54-51(36)38/h1-33,39,43H. The molecule has 0 radical (unpaired) electrons. The van der Waals surface area contributed by atoms with Crippen molar-refractivity contribution in [2.24, 2.45) is 5.92 Å². The van der Waals surface area contributed by atoms with Crippen LogP contribution in [0.25, 0.3) is 44.3 Å². The highest BCUT2D eigenvalue weighted by atomic mass is 14.7. The lowest BCUT2D eigenvalue weighted by Crippen LogP contribution is -2.46. The summed E-state index contributed by atoms with van der Waals surface area (Å²) in [5, 5.41) is 1.16. The summed E-state index contributed by atoms with van der Waals surface area (Å²) >= 11 is 0. The molecule has 0 saturated carbocycles. The van der Waals surface area contributed by atoms with Crippen molar-refractivity contribution < 1.29 is 0 Å². The quantitative estimate of drug-likeness (QED) is 0.176. The third-order valence-corrected chi connectivity index (χ3v) is 13.1. The van der Waals surface area contributed by atoms with Gasteiger partial charge in [0.2, 0.25) is 0 Å². The van der Waals surface area contributed by atoms with Gasteiger partial charge < -0.3 is 0 Å². The van der Waals surface area contributed by atoms with Gasteiger partial charge in [0.1, 0.15) is 0 Å². The largest absolute Gasteiger partial charge is 0.256 e. The molecule has 0 N–H and O–H groups in total. The lowest BCUT2D eigenvalue weighted by molar-refractivity contribution is 0.432. The van der Waals surface area contributed by atoms with Crippen LogP contribution in [0.2, 0.25) is 0 Å². The lowest BCUT2D eigenvalue weighted by atomic mass is 9.50. The van der Waals surface area contributed by atoms with Gasteiger partial charge in [0.05, 0.1) is 16.3 Å². The number of aromatic nitrogens is 1. The number of nitrogens with zero attached hydrogens (tertiary/aromatic N) is 1. The van der Waals surface area contributed by atoms with Crippen LogP contribution < -0.4 is 0 Å². The molecule has 1 aromatic heterocycles. The number of benzene rings is 7. The summed E-state index contributed by atoms with van der Waals surface area (Å²) in [6.07, 6.45) is 11.4. The van der Waals surface area contributed by atoms with E-state index in [1.54, 1.807) is 0 Å². The Labute approximate surface area is 315 Å². The van der Waals surface area contributed by atoms with E-state index in [2.05, 4.69) is 188 Å². The van der Waals surface area contributed by atoms with Gasteiger partial charge in [-0.25, -0.2) is 0 Å². The summed E-state index contributed by atoms with van der Waals surface area (Å²) in [5.74, 6) is 0.530. The molecule has 1 heteroatoms. The molecule has 0 saturated heterocycles. The average Bonchev–Trinajstić information content (AvgIpc) is 3.71. The Morgan fingerprint density at radius 2 is 0.963 bits per heavy atom. The fourth-order valence-electron chi connectivity index (χ4n) is 11.2. The first-order valence-corrected chi connectivity index (χ1v) is 19.1. The number of para-hydroxylation sites is 1. The smallest absolute Gasteiger partial charge is 0.0780 e. The molecule has 0 bridgehead atoms. The van der Waals surface area contributed by atoms with E-state index in [4.69, 9.17) is 4.98 Å². The fourth-order valence-corrected chi connectivity index (χ4v) is 11.2. The Hall–Kier alpha value is -6.57. The van der Waals surface area contributed by atoms with Crippen LogP contribution >= 0.6 is 0 Å². The van der Waals surface area contributed by atoms with Gasteiger partial charge >= 0.3 is 0 Å². The second-order valence-electron chi connectivity index (χ2n) is 15.3. The molecular formula is C53H35N. The van der Waals surface area contributed by atoms with Crippen molar-refractivity contribution in [1.82, 2.24) is 4.98 Å². The molecule has 252 valence electrons. The Morgan fingerprint density at radius 3 is 1.74 bits per heavy atom. The van der Waals surface area contributed by atoms with Crippen LogP contribution in [0.1, 0.15) is 50.4 Å². The number of hydrogen-bond donors (Lipinski definition) is 0. The highest BCUT2D eigenvalue weighted by Gasteiger charge is 2.62. The fraction of sp³-hybridized carbons (Fsp3) is 0.0755. The number of pyridine rings is 1. The van der Waals surface area contributed by atoms with Crippen LogP contribution in [-0.4, -0.2) is 4.98 Å². The lowest BCUT2D eigenvalue weighted by Gasteiger charge is -2.51. The van der Waals surface area contributed by atoms with Gasteiger partial charge in [-0.05, 0) is 78.4 Å². The van der Waals surface area contributed by atoms with E-state index in [1.807, 2.05) is 12.3 Å². The number of rotatable bonds is 2. The maximum absolute atomic E-state index is 4.79. The SMILES string of the molecule is C1=CC2c3ccccc3C3(c4ccccc4C4(c5ccccc5-c5ccccc54)c4c(-c5ccc(-c6cccc7cccnc67)cc5)cccc43)C2C=C1. The molecule has 1 nitrogen and oxygen atoms in total. The molecule has 3 atom stereocenters. The summed E-state index contributed by atoms with van der Waals surface area (Å²) in [6, 6.07) is 64.2. The minimum atomic E-state index is -0.513. The predicted octanol–water partition coefficient (Wildman–Crippen LogP) is 12.4. The molecule has 7 aromatic carbocycles. The highest BCUT2D eigenvalue weighted by Crippen LogP contribution is 2.69. The van der Waals surface area contributed by atoms with Crippen molar-refractivity contribution in [2.75, 3.05) is 0 Å². The molecule has 1 heterocycles. The van der Waals surface area contributed by atoms with Crippen molar-refractivity contribution in [1.29, 1.82) is 0 Å². The molecule has 2 spiro atoms. The zero-order chi connectivity index (χ0) is 35.4. The second kappa shape index (κ2) is 11.0. The van der Waals surface area contributed by atoms with E-state index in [-0.39, 0.29) is 11.3 Å². The Kier molecular flexibility index (Phi) is 6.09. The van der Waals surface area contributed by atoms with E-state index < -0.39 is 5.41 Å². The number of fused-ring (bicyclic) bond motifs is 17. The van der Waals surface area contributed by atoms with E-state index in [9.17, 15) is 0 Å². The Bertz CT molecular complexity index is 2860. The minimum Gasteiger partial charge on any atom is -0.256 e. The van der Waals surface area contributed by atoms with Crippen molar-refractivity contribution >= 4 is 10.9 Å².